The predicted octanol–water partition coefficient (Wildman–Crippen LogP) is 1.10. The lowest BCUT2D eigenvalue weighted by molar-refractivity contribution is -0.144. The molecule has 12 heavy (non-hydrogen) atoms. The van der Waals surface area contributed by atoms with Gasteiger partial charge in [-0.05, 0) is 38.3 Å². The molecule has 1 rings (SSSR count). The minimum Gasteiger partial charge on any atom is -0.481 e. The fraction of sp³-hybridized carbons (Fsp3) is 0.889. The van der Waals surface area contributed by atoms with Crippen LogP contribution < -0.4 is 5.32 Å². The summed E-state index contributed by atoms with van der Waals surface area (Å²) in [6, 6.07) is 0. The molecule has 1 aliphatic heterocycles. The Morgan fingerprint density at radius 1 is 1.75 bits per heavy atom. The van der Waals surface area contributed by atoms with E-state index in [1.807, 2.05) is 6.92 Å². The lowest BCUT2D eigenvalue weighted by Crippen LogP contribution is -2.36. The summed E-state index contributed by atoms with van der Waals surface area (Å²) in [5.74, 6) is -0.426. The first-order valence-electron chi connectivity index (χ1n) is 4.69. The molecule has 2 atom stereocenters. The highest BCUT2D eigenvalue weighted by Crippen LogP contribution is 2.22. The Labute approximate surface area is 73.2 Å². The van der Waals surface area contributed by atoms with Gasteiger partial charge in [-0.3, -0.25) is 4.79 Å². The Bertz CT molecular complexity index is 153. The summed E-state index contributed by atoms with van der Waals surface area (Å²) in [6.45, 7) is 3.88. The van der Waals surface area contributed by atoms with Crippen LogP contribution in [0.3, 0.4) is 0 Å². The molecule has 3 nitrogen and oxygen atoms in total. The van der Waals surface area contributed by atoms with E-state index in [4.69, 9.17) is 5.11 Å². The predicted molar refractivity (Wildman–Crippen MR) is 47.0 cm³/mol. The average Bonchev–Trinajstić information content (AvgIpc) is 2.07. The summed E-state index contributed by atoms with van der Waals surface area (Å²) in [4.78, 5) is 10.8. The number of rotatable bonds is 3. The molecule has 3 heteroatoms. The molecule has 70 valence electrons. The van der Waals surface area contributed by atoms with E-state index in [1.165, 1.54) is 0 Å². The van der Waals surface area contributed by atoms with Gasteiger partial charge in [0.05, 0.1) is 5.92 Å². The molecule has 0 bridgehead atoms. The standard InChI is InChI=1S/C9H17NO2/c1-2-8(9(11)12)7-4-3-5-10-6-7/h7-8,10H,2-6H2,1H3,(H,11,12)/t7-,8?/m0/s1. The van der Waals surface area contributed by atoms with Gasteiger partial charge in [-0.2, -0.15) is 0 Å². The van der Waals surface area contributed by atoms with Crippen LogP contribution in [-0.2, 0) is 4.79 Å². The maximum Gasteiger partial charge on any atom is 0.306 e. The van der Waals surface area contributed by atoms with E-state index in [0.29, 0.717) is 5.92 Å². The number of aliphatic carboxylic acids is 1. The monoisotopic (exact) mass is 171 g/mol. The molecule has 0 aromatic rings. The Morgan fingerprint density at radius 3 is 2.92 bits per heavy atom. The topological polar surface area (TPSA) is 49.3 Å². The molecule has 0 aromatic heterocycles. The van der Waals surface area contributed by atoms with Gasteiger partial charge < -0.3 is 10.4 Å². The molecular formula is C9H17NO2. The zero-order valence-corrected chi connectivity index (χ0v) is 7.55. The minimum atomic E-state index is -0.633. The van der Waals surface area contributed by atoms with Crippen molar-refractivity contribution >= 4 is 5.97 Å². The quantitative estimate of drug-likeness (QED) is 0.668. The van der Waals surface area contributed by atoms with Gasteiger partial charge in [-0.25, -0.2) is 0 Å². The van der Waals surface area contributed by atoms with Crippen molar-refractivity contribution in [2.24, 2.45) is 11.8 Å². The summed E-state index contributed by atoms with van der Waals surface area (Å²) < 4.78 is 0. The van der Waals surface area contributed by atoms with Crippen LogP contribution in [0.2, 0.25) is 0 Å². The lowest BCUT2D eigenvalue weighted by Gasteiger charge is -2.27. The second-order valence-electron chi connectivity index (χ2n) is 3.46. The molecule has 1 heterocycles. The number of hydrogen-bond acceptors (Lipinski definition) is 2. The van der Waals surface area contributed by atoms with E-state index >= 15 is 0 Å². The Morgan fingerprint density at radius 2 is 2.50 bits per heavy atom. The van der Waals surface area contributed by atoms with Crippen LogP contribution in [0.5, 0.6) is 0 Å². The Kier molecular flexibility index (Phi) is 3.53. The summed E-state index contributed by atoms with van der Waals surface area (Å²) in [6.07, 6.45) is 2.94. The van der Waals surface area contributed by atoms with E-state index in [2.05, 4.69) is 5.32 Å². The van der Waals surface area contributed by atoms with E-state index in [9.17, 15) is 4.79 Å². The summed E-state index contributed by atoms with van der Waals surface area (Å²) in [5, 5.41) is 12.1. The Balaban J connectivity index is 2.46. The Hall–Kier alpha value is -0.570. The van der Waals surface area contributed by atoms with Crippen LogP contribution in [0.4, 0.5) is 0 Å². The maximum absolute atomic E-state index is 10.8. The molecule has 1 unspecified atom stereocenters. The fourth-order valence-corrected chi connectivity index (χ4v) is 1.93. The summed E-state index contributed by atoms with van der Waals surface area (Å²) in [5.41, 5.74) is 0. The molecule has 0 amide bonds. The minimum absolute atomic E-state index is 0.141. The zero-order chi connectivity index (χ0) is 8.97. The van der Waals surface area contributed by atoms with E-state index in [0.717, 1.165) is 32.4 Å². The lowest BCUT2D eigenvalue weighted by atomic mass is 9.85. The van der Waals surface area contributed by atoms with Gasteiger partial charge >= 0.3 is 5.97 Å². The van der Waals surface area contributed by atoms with Crippen LogP contribution in [0.25, 0.3) is 0 Å². The number of carboxylic acids is 1. The molecule has 0 spiro atoms. The van der Waals surface area contributed by atoms with Gasteiger partial charge in [-0.15, -0.1) is 0 Å². The number of carbonyl (C=O) groups is 1. The molecule has 0 saturated carbocycles. The molecule has 1 fully saturated rings. The molecule has 1 saturated heterocycles. The highest BCUT2D eigenvalue weighted by molar-refractivity contribution is 5.70. The van der Waals surface area contributed by atoms with Crippen LogP contribution in [-0.4, -0.2) is 24.2 Å². The van der Waals surface area contributed by atoms with Crippen molar-refractivity contribution in [2.45, 2.75) is 26.2 Å². The molecular weight excluding hydrogens is 154 g/mol. The van der Waals surface area contributed by atoms with Crippen LogP contribution in [0.15, 0.2) is 0 Å². The third kappa shape index (κ3) is 2.21. The number of nitrogens with one attached hydrogen (secondary N) is 1. The van der Waals surface area contributed by atoms with Gasteiger partial charge in [0.1, 0.15) is 0 Å². The zero-order valence-electron chi connectivity index (χ0n) is 7.55. The number of piperidine rings is 1. The molecule has 1 aliphatic rings. The second-order valence-corrected chi connectivity index (χ2v) is 3.46. The molecule has 0 radical (unpaired) electrons. The third-order valence-corrected chi connectivity index (χ3v) is 2.66. The summed E-state index contributed by atoms with van der Waals surface area (Å²) >= 11 is 0. The van der Waals surface area contributed by atoms with E-state index in [-0.39, 0.29) is 5.92 Å². The van der Waals surface area contributed by atoms with Crippen molar-refractivity contribution < 1.29 is 9.90 Å². The number of carboxylic acid groups (broad SMARTS) is 1. The highest BCUT2D eigenvalue weighted by atomic mass is 16.4. The van der Waals surface area contributed by atoms with Crippen molar-refractivity contribution in [1.29, 1.82) is 0 Å². The number of hydrogen-bond donors (Lipinski definition) is 2. The van der Waals surface area contributed by atoms with Crippen molar-refractivity contribution in [2.75, 3.05) is 13.1 Å². The second kappa shape index (κ2) is 4.45. The fourth-order valence-electron chi connectivity index (χ4n) is 1.93. The molecule has 0 aliphatic carbocycles. The van der Waals surface area contributed by atoms with Gasteiger partial charge in [0.2, 0.25) is 0 Å². The first-order valence-corrected chi connectivity index (χ1v) is 4.69. The van der Waals surface area contributed by atoms with Gasteiger partial charge in [0.25, 0.3) is 0 Å². The smallest absolute Gasteiger partial charge is 0.306 e. The van der Waals surface area contributed by atoms with Crippen LogP contribution >= 0.6 is 0 Å². The van der Waals surface area contributed by atoms with Crippen LogP contribution in [0.1, 0.15) is 26.2 Å². The largest absolute Gasteiger partial charge is 0.481 e. The third-order valence-electron chi connectivity index (χ3n) is 2.66. The van der Waals surface area contributed by atoms with E-state index < -0.39 is 5.97 Å². The maximum atomic E-state index is 10.8. The highest BCUT2D eigenvalue weighted by Gasteiger charge is 2.27. The molecule has 2 N–H and O–H groups in total. The first-order chi connectivity index (χ1) is 5.75. The molecule has 0 aromatic carbocycles. The SMILES string of the molecule is CCC(C(=O)O)[C@H]1CCCNC1. The first kappa shape index (κ1) is 9.52. The van der Waals surface area contributed by atoms with Gasteiger partial charge in [0, 0.05) is 0 Å². The van der Waals surface area contributed by atoms with Crippen molar-refractivity contribution in [3.05, 3.63) is 0 Å². The normalized spacial score (nSPS) is 26.6. The van der Waals surface area contributed by atoms with E-state index in [1.54, 1.807) is 0 Å². The van der Waals surface area contributed by atoms with Crippen LogP contribution in [0, 0.1) is 11.8 Å². The van der Waals surface area contributed by atoms with Crippen molar-refractivity contribution in [3.63, 3.8) is 0 Å². The van der Waals surface area contributed by atoms with Crippen molar-refractivity contribution in [3.8, 4) is 0 Å². The average molecular weight is 171 g/mol. The van der Waals surface area contributed by atoms with Crippen molar-refractivity contribution in [1.82, 2.24) is 5.32 Å². The summed E-state index contributed by atoms with van der Waals surface area (Å²) in [7, 11) is 0. The van der Waals surface area contributed by atoms with Gasteiger partial charge in [0.15, 0.2) is 0 Å². The van der Waals surface area contributed by atoms with Gasteiger partial charge in [-0.1, -0.05) is 6.92 Å².